The van der Waals surface area contributed by atoms with Gasteiger partial charge in [-0.15, -0.1) is 5.46 Å². The van der Waals surface area contributed by atoms with Gasteiger partial charge in [0.05, 0.1) is 5.56 Å². The van der Waals surface area contributed by atoms with Crippen LogP contribution in [0, 0.1) is 10.5 Å². The van der Waals surface area contributed by atoms with Crippen LogP contribution in [0.5, 0.6) is 0 Å². The fourth-order valence-corrected chi connectivity index (χ4v) is 1.76. The van der Waals surface area contributed by atoms with E-state index in [0.717, 1.165) is 6.07 Å². The molecule has 0 atom stereocenters. The number of carbonyl (C=O) groups is 1. The van der Waals surface area contributed by atoms with E-state index in [2.05, 4.69) is 0 Å². The number of hydrogen-bond donors (Lipinski definition) is 1. The van der Waals surface area contributed by atoms with E-state index < -0.39 is 18.4 Å². The molecule has 0 aromatic heterocycles. The van der Waals surface area contributed by atoms with Gasteiger partial charge in [0.15, 0.2) is 0 Å². The Hall–Kier alpha value is 0.911. The van der Waals surface area contributed by atoms with Gasteiger partial charge in [-0.25, -0.2) is 4.79 Å². The molecule has 2 nitrogen and oxygen atoms in total. The molecule has 1 rings (SSSR count). The summed E-state index contributed by atoms with van der Waals surface area (Å²) in [6.07, 6.45) is 0. The molecule has 82 valence electrons. The minimum Gasteiger partial charge on any atom is -0.478 e. The summed E-state index contributed by atoms with van der Waals surface area (Å²) in [5.74, 6) is -1.34. The number of carboxylic acids is 1. The molecule has 0 bridgehead atoms. The smallest absolute Gasteiger partial charge is 0.478 e. The fourth-order valence-electron chi connectivity index (χ4n) is 1.11. The van der Waals surface area contributed by atoms with Gasteiger partial charge in [0.2, 0.25) is 0 Å². The Morgan fingerprint density at radius 3 is 2.25 bits per heavy atom. The molecule has 8 heteroatoms. The van der Waals surface area contributed by atoms with E-state index in [1.165, 1.54) is 6.92 Å². The zero-order valence-corrected chi connectivity index (χ0v) is 13.9. The minimum atomic E-state index is -5.15. The van der Waals surface area contributed by atoms with E-state index in [1.807, 2.05) is 0 Å². The largest absolute Gasteiger partial charge is 1.00 e. The molecule has 1 N–H and O–H groups in total. The molecule has 0 aliphatic rings. The van der Waals surface area contributed by atoms with Crippen LogP contribution >= 0.6 is 22.6 Å². The molecular weight excluding hydrogens is 362 g/mol. The van der Waals surface area contributed by atoms with Gasteiger partial charge in [-0.2, -0.15) is 0 Å². The number of aromatic carboxylic acids is 1. The number of halogens is 4. The molecule has 1 aromatic carbocycles. The first-order valence-electron chi connectivity index (χ1n) is 3.96. The average Bonchev–Trinajstić information content (AvgIpc) is 2.06. The number of rotatable bonds is 2. The quantitative estimate of drug-likeness (QED) is 0.557. The van der Waals surface area contributed by atoms with Crippen LogP contribution in [0.15, 0.2) is 12.1 Å². The van der Waals surface area contributed by atoms with Gasteiger partial charge in [-0.1, -0.05) is 12.1 Å². The second-order valence-corrected chi connectivity index (χ2v) is 4.22. The third-order valence-corrected chi connectivity index (χ3v) is 3.10. The second-order valence-electron chi connectivity index (χ2n) is 3.06. The van der Waals surface area contributed by atoms with Crippen molar-refractivity contribution in [3.05, 3.63) is 26.8 Å². The Labute approximate surface area is 147 Å². The molecule has 0 saturated heterocycles. The van der Waals surface area contributed by atoms with Gasteiger partial charge < -0.3 is 18.1 Å². The Morgan fingerprint density at radius 1 is 1.38 bits per heavy atom. The van der Waals surface area contributed by atoms with E-state index in [0.29, 0.717) is 15.2 Å². The van der Waals surface area contributed by atoms with E-state index in [9.17, 15) is 17.7 Å². The van der Waals surface area contributed by atoms with Crippen molar-refractivity contribution in [2.75, 3.05) is 0 Å². The zero-order chi connectivity index (χ0) is 11.8. The SMILES string of the molecule is Cc1c(I)cc([B-](F)(F)F)cc1C(=O)O.[K+]. The van der Waals surface area contributed by atoms with Crippen molar-refractivity contribution in [1.82, 2.24) is 0 Å². The summed E-state index contributed by atoms with van der Waals surface area (Å²) >= 11 is 1.70. The Balaban J connectivity index is 0.00000225. The van der Waals surface area contributed by atoms with Gasteiger partial charge in [0, 0.05) is 3.57 Å². The van der Waals surface area contributed by atoms with Gasteiger partial charge in [-0.3, -0.25) is 0 Å². The predicted octanol–water partition coefficient (Wildman–Crippen LogP) is -0.644. The number of benzene rings is 1. The maximum Gasteiger partial charge on any atom is 1.00 e. The first-order valence-corrected chi connectivity index (χ1v) is 5.04. The first-order chi connectivity index (χ1) is 6.73. The van der Waals surface area contributed by atoms with E-state index >= 15 is 0 Å². The fraction of sp³-hybridized carbons (Fsp3) is 0.125. The van der Waals surface area contributed by atoms with Crippen LogP contribution in [0.3, 0.4) is 0 Å². The van der Waals surface area contributed by atoms with Crippen molar-refractivity contribution in [3.63, 3.8) is 0 Å². The summed E-state index contributed by atoms with van der Waals surface area (Å²) in [6.45, 7) is -3.67. The van der Waals surface area contributed by atoms with Crippen molar-refractivity contribution >= 4 is 41.0 Å². The van der Waals surface area contributed by atoms with Crippen LogP contribution in [-0.2, 0) is 0 Å². The molecule has 0 saturated carbocycles. The van der Waals surface area contributed by atoms with Gasteiger partial charge >= 0.3 is 64.3 Å². The average molecular weight is 368 g/mol. The van der Waals surface area contributed by atoms with Crippen LogP contribution in [-0.4, -0.2) is 18.1 Å². The molecule has 0 amide bonds. The summed E-state index contributed by atoms with van der Waals surface area (Å²) in [4.78, 5) is 10.7. The van der Waals surface area contributed by atoms with Gasteiger partial charge in [0.25, 0.3) is 0 Å². The van der Waals surface area contributed by atoms with Crippen molar-refractivity contribution in [3.8, 4) is 0 Å². The van der Waals surface area contributed by atoms with E-state index in [4.69, 9.17) is 5.11 Å². The van der Waals surface area contributed by atoms with Crippen LogP contribution in [0.25, 0.3) is 0 Å². The number of carboxylic acid groups (broad SMARTS) is 1. The summed E-state index contributed by atoms with van der Waals surface area (Å²) in [5, 5.41) is 8.72. The normalized spacial score (nSPS) is 10.8. The molecule has 16 heavy (non-hydrogen) atoms. The van der Waals surface area contributed by atoms with Crippen LogP contribution in [0.4, 0.5) is 12.9 Å². The molecule has 0 aliphatic heterocycles. The summed E-state index contributed by atoms with van der Waals surface area (Å²) in [6, 6.07) is 1.64. The molecule has 0 aliphatic carbocycles. The summed E-state index contributed by atoms with van der Waals surface area (Å²) < 4.78 is 37.5. The third kappa shape index (κ3) is 3.98. The topological polar surface area (TPSA) is 37.3 Å². The Kier molecular flexibility index (Phi) is 6.54. The van der Waals surface area contributed by atoms with Crippen molar-refractivity contribution < 1.29 is 74.2 Å². The molecule has 0 heterocycles. The third-order valence-electron chi connectivity index (χ3n) is 1.98. The Bertz CT molecular complexity index is 422. The summed E-state index contributed by atoms with van der Waals surface area (Å²) in [5.41, 5.74) is -0.814. The number of hydrogen-bond acceptors (Lipinski definition) is 1. The van der Waals surface area contributed by atoms with Crippen molar-refractivity contribution in [2.24, 2.45) is 0 Å². The summed E-state index contributed by atoms with van der Waals surface area (Å²) in [7, 11) is 0. The maximum atomic E-state index is 12.4. The monoisotopic (exact) mass is 368 g/mol. The molecule has 1 aromatic rings. The predicted molar refractivity (Wildman–Crippen MR) is 59.6 cm³/mol. The van der Waals surface area contributed by atoms with Crippen molar-refractivity contribution in [1.29, 1.82) is 0 Å². The van der Waals surface area contributed by atoms with E-state index in [1.54, 1.807) is 22.6 Å². The van der Waals surface area contributed by atoms with Crippen LogP contribution < -0.4 is 56.8 Å². The van der Waals surface area contributed by atoms with Gasteiger partial charge in [0.1, 0.15) is 0 Å². The molecule has 0 fully saturated rings. The Morgan fingerprint density at radius 2 is 1.88 bits per heavy atom. The standard InChI is InChI=1S/C8H6BF3IO2.K/c1-4-6(8(14)15)2-5(3-7(4)13)9(10,11)12;/h2-3H,1H3,(H,14,15);/q-1;+1. The second kappa shape index (κ2) is 6.19. The molecule has 0 spiro atoms. The maximum absolute atomic E-state index is 12.4. The minimum absolute atomic E-state index is 0. The van der Waals surface area contributed by atoms with Gasteiger partial charge in [-0.05, 0) is 35.1 Å². The zero-order valence-electron chi connectivity index (χ0n) is 8.60. The van der Waals surface area contributed by atoms with E-state index in [-0.39, 0.29) is 56.9 Å². The first kappa shape index (κ1) is 16.9. The molecule has 0 unspecified atom stereocenters. The molecular formula is C8H6BF3IKO2. The molecule has 0 radical (unpaired) electrons. The van der Waals surface area contributed by atoms with Crippen LogP contribution in [0.2, 0.25) is 0 Å². The van der Waals surface area contributed by atoms with Crippen LogP contribution in [0.1, 0.15) is 15.9 Å². The van der Waals surface area contributed by atoms with Crippen molar-refractivity contribution in [2.45, 2.75) is 6.92 Å².